The number of amides is 1. The van der Waals surface area contributed by atoms with Gasteiger partial charge in [-0.15, -0.1) is 0 Å². The highest BCUT2D eigenvalue weighted by Gasteiger charge is 2.30. The van der Waals surface area contributed by atoms with E-state index in [1.54, 1.807) is 0 Å². The zero-order chi connectivity index (χ0) is 24.6. The molecule has 3 rings (SSSR count). The van der Waals surface area contributed by atoms with E-state index in [-0.39, 0.29) is 27.6 Å². The molecule has 0 aliphatic carbocycles. The molecule has 0 radical (unpaired) electrons. The van der Waals surface area contributed by atoms with Gasteiger partial charge in [-0.05, 0) is 66.7 Å². The smallest absolute Gasteiger partial charge is 0.416 e. The minimum Gasteiger partial charge on any atom is -0.478 e. The van der Waals surface area contributed by atoms with Crippen LogP contribution in [0.4, 0.5) is 24.5 Å². The van der Waals surface area contributed by atoms with Crippen molar-refractivity contribution in [2.45, 2.75) is 6.18 Å². The average Bonchev–Trinajstić information content (AvgIpc) is 2.79. The quantitative estimate of drug-likeness (QED) is 0.392. The third kappa shape index (κ3) is 7.16. The fraction of sp³-hybridized carbons (Fsp3) is 0.0476. The van der Waals surface area contributed by atoms with Crippen LogP contribution in [-0.2, 0) is 18.7 Å². The van der Waals surface area contributed by atoms with Gasteiger partial charge in [0.15, 0.2) is 18.3 Å². The summed E-state index contributed by atoms with van der Waals surface area (Å²) in [6.45, 7) is 0. The molecule has 0 unspecified atom stereocenters. The van der Waals surface area contributed by atoms with Crippen LogP contribution in [0.3, 0.4) is 0 Å². The molecule has 0 spiro atoms. The zero-order valence-electron chi connectivity index (χ0n) is 16.4. The van der Waals surface area contributed by atoms with Gasteiger partial charge < -0.3 is 15.3 Å². The van der Waals surface area contributed by atoms with Crippen molar-refractivity contribution >= 4 is 47.4 Å². The second-order valence-electron chi connectivity index (χ2n) is 6.25. The van der Waals surface area contributed by atoms with E-state index in [1.165, 1.54) is 42.5 Å². The first-order valence-electron chi connectivity index (χ1n) is 8.84. The number of carboxylic acids is 1. The number of nitrogens with one attached hydrogen (secondary N) is 2. The Morgan fingerprint density at radius 2 is 1.55 bits per heavy atom. The lowest BCUT2D eigenvalue weighted by atomic mass is 10.1. The number of carbonyl (C=O) groups is 2. The van der Waals surface area contributed by atoms with Crippen molar-refractivity contribution in [3.8, 4) is 5.75 Å². The molecule has 0 bridgehead atoms. The molecule has 0 fully saturated rings. The van der Waals surface area contributed by atoms with Crippen molar-refractivity contribution in [3.63, 3.8) is 0 Å². The predicted octanol–water partition coefficient (Wildman–Crippen LogP) is 5.38. The molecule has 0 aliphatic rings. The summed E-state index contributed by atoms with van der Waals surface area (Å²) in [6.07, 6.45) is -4.46. The molecule has 3 aromatic carbocycles. The fourth-order valence-corrected chi connectivity index (χ4v) is 2.69. The van der Waals surface area contributed by atoms with Crippen LogP contribution in [0, 0.1) is 0 Å². The van der Waals surface area contributed by atoms with Crippen LogP contribution in [0.5, 0.6) is 5.75 Å². The molecule has 0 saturated heterocycles. The van der Waals surface area contributed by atoms with Gasteiger partial charge in [0, 0.05) is 10.7 Å². The number of alkyl halides is 3. The fourth-order valence-electron chi connectivity index (χ4n) is 2.51. The molecule has 172 valence electrons. The monoisotopic (exact) mass is 498 g/mol. The van der Waals surface area contributed by atoms with Crippen LogP contribution in [0.1, 0.15) is 26.3 Å². The second kappa shape index (κ2) is 11.2. The Labute approximate surface area is 195 Å². The molecule has 7 nitrogen and oxygen atoms in total. The van der Waals surface area contributed by atoms with Crippen LogP contribution in [-0.4, -0.2) is 21.2 Å². The number of hydrogen-bond donors (Lipinski definition) is 3. The number of carbonyl (C=O) groups excluding carboxylic acids is 1. The Morgan fingerprint density at radius 3 is 2.09 bits per heavy atom. The van der Waals surface area contributed by atoms with Gasteiger partial charge in [-0.2, -0.15) is 17.4 Å². The first kappa shape index (κ1) is 25.6. The van der Waals surface area contributed by atoms with Crippen LogP contribution in [0.2, 0.25) is 5.02 Å². The zero-order valence-corrected chi connectivity index (χ0v) is 17.9. The van der Waals surface area contributed by atoms with Gasteiger partial charge >= 0.3 is 12.1 Å². The van der Waals surface area contributed by atoms with Gasteiger partial charge in [-0.25, -0.2) is 10.3 Å². The maximum absolute atomic E-state index is 12.7. The molecule has 33 heavy (non-hydrogen) atoms. The maximum atomic E-state index is 12.7. The summed E-state index contributed by atoms with van der Waals surface area (Å²) in [5, 5.41) is 11.8. The third-order valence-corrected chi connectivity index (χ3v) is 4.31. The van der Waals surface area contributed by atoms with Gasteiger partial charge in [0.05, 0.1) is 22.4 Å². The third-order valence-electron chi connectivity index (χ3n) is 4.08. The molecular weight excluding hydrogens is 485 g/mol. The maximum Gasteiger partial charge on any atom is 0.416 e. The summed E-state index contributed by atoms with van der Waals surface area (Å²) >= 11 is 8.81. The minimum atomic E-state index is -4.46. The number of benzene rings is 3. The lowest BCUT2D eigenvalue weighted by molar-refractivity contribution is -0.137. The van der Waals surface area contributed by atoms with E-state index in [9.17, 15) is 22.8 Å². The van der Waals surface area contributed by atoms with Crippen molar-refractivity contribution in [1.29, 1.82) is 0 Å². The van der Waals surface area contributed by atoms with Crippen molar-refractivity contribution in [1.82, 2.24) is 0 Å². The standard InChI is InChI=1S/C21H14ClF3N2O4.OS/c22-14-5-10-18(27-31-16-8-3-13(4-9-16)21(23,24)25)17(11-14)19(28)26-15-6-1-12(2-7-15)20(29)30;1-2/h1-11,27H,(H,26,28)(H,29,30);. The number of anilines is 2. The number of carboxylic acid groups (broad SMARTS) is 1. The van der Waals surface area contributed by atoms with Crippen molar-refractivity contribution in [2.24, 2.45) is 0 Å². The Hall–Kier alpha value is -3.70. The summed E-state index contributed by atoms with van der Waals surface area (Å²) < 4.78 is 45.8. The lowest BCUT2D eigenvalue weighted by Gasteiger charge is -2.14. The number of rotatable bonds is 6. The Bertz CT molecular complexity index is 1130. The Balaban J connectivity index is 0.00000187. The summed E-state index contributed by atoms with van der Waals surface area (Å²) in [5.41, 5.74) is 2.43. The van der Waals surface area contributed by atoms with E-state index in [4.69, 9.17) is 25.8 Å². The molecule has 1 amide bonds. The normalized spacial score (nSPS) is 10.4. The molecule has 12 heteroatoms. The van der Waals surface area contributed by atoms with Crippen LogP contribution < -0.4 is 15.6 Å². The first-order chi connectivity index (χ1) is 15.6. The van der Waals surface area contributed by atoms with E-state index in [0.717, 1.165) is 24.3 Å². The Kier molecular flexibility index (Phi) is 8.71. The SMILES string of the molecule is O=C(O)c1ccc(NC(=O)c2cc(Cl)ccc2NOc2ccc(C(F)(F)F)cc2)cc1.O=S. The number of halogens is 4. The summed E-state index contributed by atoms with van der Waals surface area (Å²) in [4.78, 5) is 28.9. The number of hydrogen-bond acceptors (Lipinski definition) is 6. The highest BCUT2D eigenvalue weighted by Crippen LogP contribution is 2.30. The predicted molar refractivity (Wildman–Crippen MR) is 117 cm³/mol. The number of aromatic carboxylic acids is 1. The average molecular weight is 499 g/mol. The summed E-state index contributed by atoms with van der Waals surface area (Å²) in [6, 6.07) is 13.9. The van der Waals surface area contributed by atoms with Crippen molar-refractivity contribution in [2.75, 3.05) is 10.8 Å². The van der Waals surface area contributed by atoms with E-state index in [1.807, 2.05) is 0 Å². The van der Waals surface area contributed by atoms with Gasteiger partial charge in [-0.1, -0.05) is 11.6 Å². The van der Waals surface area contributed by atoms with E-state index < -0.39 is 23.6 Å². The molecule has 0 aromatic heterocycles. The molecular formula is C21H14ClF3N2O5S. The molecule has 0 heterocycles. The minimum absolute atomic E-state index is 0.0630. The van der Waals surface area contributed by atoms with Crippen molar-refractivity contribution < 1.29 is 36.9 Å². The molecule has 0 saturated carbocycles. The molecule has 0 aliphatic heterocycles. The Morgan fingerprint density at radius 1 is 0.939 bits per heavy atom. The van der Waals surface area contributed by atoms with E-state index >= 15 is 0 Å². The highest BCUT2D eigenvalue weighted by molar-refractivity contribution is 7.44. The van der Waals surface area contributed by atoms with E-state index in [0.29, 0.717) is 5.69 Å². The van der Waals surface area contributed by atoms with Crippen LogP contribution in [0.15, 0.2) is 66.7 Å². The van der Waals surface area contributed by atoms with Crippen LogP contribution in [0.25, 0.3) is 0 Å². The van der Waals surface area contributed by atoms with Gasteiger partial charge in [0.2, 0.25) is 0 Å². The van der Waals surface area contributed by atoms with Gasteiger partial charge in [-0.3, -0.25) is 4.79 Å². The van der Waals surface area contributed by atoms with E-state index in [2.05, 4.69) is 23.3 Å². The highest BCUT2D eigenvalue weighted by atomic mass is 35.5. The lowest BCUT2D eigenvalue weighted by Crippen LogP contribution is -2.16. The van der Waals surface area contributed by atoms with Gasteiger partial charge in [0.1, 0.15) is 0 Å². The van der Waals surface area contributed by atoms with Crippen LogP contribution >= 0.6 is 11.6 Å². The summed E-state index contributed by atoms with van der Waals surface area (Å²) in [5.74, 6) is -1.57. The first-order valence-corrected chi connectivity index (χ1v) is 9.55. The molecule has 3 N–H and O–H groups in total. The second-order valence-corrected chi connectivity index (χ2v) is 6.69. The summed E-state index contributed by atoms with van der Waals surface area (Å²) in [7, 11) is 0. The van der Waals surface area contributed by atoms with Crippen molar-refractivity contribution in [3.05, 3.63) is 88.4 Å². The van der Waals surface area contributed by atoms with Gasteiger partial charge in [0.25, 0.3) is 5.91 Å². The molecule has 0 atom stereocenters. The molecule has 3 aromatic rings. The topological polar surface area (TPSA) is 105 Å². The largest absolute Gasteiger partial charge is 0.478 e.